The fourth-order valence-corrected chi connectivity index (χ4v) is 3.85. The Labute approximate surface area is 160 Å². The van der Waals surface area contributed by atoms with E-state index in [0.29, 0.717) is 17.2 Å². The van der Waals surface area contributed by atoms with Crippen LogP contribution in [0.4, 0.5) is 0 Å². The van der Waals surface area contributed by atoms with Gasteiger partial charge in [-0.05, 0) is 62.4 Å². The van der Waals surface area contributed by atoms with E-state index in [9.17, 15) is 4.79 Å². The van der Waals surface area contributed by atoms with Gasteiger partial charge in [0.1, 0.15) is 5.76 Å². The second-order valence-corrected chi connectivity index (χ2v) is 7.70. The number of likely N-dealkylation sites (tertiary alicyclic amines) is 1. The summed E-state index contributed by atoms with van der Waals surface area (Å²) in [5.41, 5.74) is 1.99. The minimum absolute atomic E-state index is 0.0505. The van der Waals surface area contributed by atoms with Gasteiger partial charge in [-0.1, -0.05) is 23.7 Å². The van der Waals surface area contributed by atoms with Crippen LogP contribution < -0.4 is 0 Å². The zero-order valence-corrected chi connectivity index (χ0v) is 16.3. The van der Waals surface area contributed by atoms with Crippen LogP contribution in [0.1, 0.15) is 34.5 Å². The number of benzene rings is 1. The van der Waals surface area contributed by atoms with Crippen molar-refractivity contribution < 1.29 is 9.21 Å². The van der Waals surface area contributed by atoms with Crippen molar-refractivity contribution in [2.24, 2.45) is 5.92 Å². The molecule has 0 radical (unpaired) electrons. The van der Waals surface area contributed by atoms with Gasteiger partial charge in [0, 0.05) is 31.7 Å². The van der Waals surface area contributed by atoms with Crippen LogP contribution in [-0.4, -0.2) is 48.9 Å². The Morgan fingerprint density at radius 3 is 2.77 bits per heavy atom. The molecule has 0 saturated carbocycles. The van der Waals surface area contributed by atoms with Crippen molar-refractivity contribution in [3.05, 3.63) is 58.5 Å². The van der Waals surface area contributed by atoms with Crippen LogP contribution >= 0.6 is 11.6 Å². The number of nitrogens with zero attached hydrogens (tertiary/aromatic N) is 2. The SMILES string of the molecule is Cc1occc1C(=O)N(C)C[C@H]1CCCN(CCc2ccc(Cl)cc2)C1. The highest BCUT2D eigenvalue weighted by molar-refractivity contribution is 6.30. The smallest absolute Gasteiger partial charge is 0.257 e. The van der Waals surface area contributed by atoms with Gasteiger partial charge in [0.2, 0.25) is 0 Å². The highest BCUT2D eigenvalue weighted by atomic mass is 35.5. The molecule has 26 heavy (non-hydrogen) atoms. The van der Waals surface area contributed by atoms with Gasteiger partial charge in [-0.2, -0.15) is 0 Å². The van der Waals surface area contributed by atoms with E-state index in [-0.39, 0.29) is 5.91 Å². The van der Waals surface area contributed by atoms with Gasteiger partial charge < -0.3 is 14.2 Å². The molecule has 0 aliphatic carbocycles. The molecule has 1 aliphatic rings. The molecular weight excluding hydrogens is 348 g/mol. The van der Waals surface area contributed by atoms with Crippen molar-refractivity contribution >= 4 is 17.5 Å². The zero-order chi connectivity index (χ0) is 18.5. The monoisotopic (exact) mass is 374 g/mol. The average Bonchev–Trinajstić information content (AvgIpc) is 3.07. The Hall–Kier alpha value is -1.78. The normalized spacial score (nSPS) is 18.0. The fraction of sp³-hybridized carbons (Fsp3) is 0.476. The summed E-state index contributed by atoms with van der Waals surface area (Å²) in [6.45, 7) is 5.87. The number of carbonyl (C=O) groups excluding carboxylic acids is 1. The van der Waals surface area contributed by atoms with Crippen LogP contribution in [0.15, 0.2) is 41.0 Å². The lowest BCUT2D eigenvalue weighted by molar-refractivity contribution is 0.0728. The van der Waals surface area contributed by atoms with Crippen LogP contribution in [0.25, 0.3) is 0 Å². The molecule has 140 valence electrons. The molecule has 1 amide bonds. The number of piperidine rings is 1. The third-order valence-corrected chi connectivity index (χ3v) is 5.45. The van der Waals surface area contributed by atoms with Crippen molar-refractivity contribution in [2.75, 3.05) is 33.2 Å². The number of furan rings is 1. The molecular formula is C21H27ClN2O2. The summed E-state index contributed by atoms with van der Waals surface area (Å²) in [7, 11) is 1.89. The predicted octanol–water partition coefficient (Wildman–Crippen LogP) is 4.27. The van der Waals surface area contributed by atoms with Crippen LogP contribution in [-0.2, 0) is 6.42 Å². The predicted molar refractivity (Wildman–Crippen MR) is 105 cm³/mol. The molecule has 0 bridgehead atoms. The third kappa shape index (κ3) is 4.89. The molecule has 1 saturated heterocycles. The lowest BCUT2D eigenvalue weighted by Crippen LogP contribution is -2.42. The van der Waals surface area contributed by atoms with Crippen molar-refractivity contribution in [3.8, 4) is 0 Å². The van der Waals surface area contributed by atoms with Crippen LogP contribution in [0.3, 0.4) is 0 Å². The van der Waals surface area contributed by atoms with E-state index in [2.05, 4.69) is 17.0 Å². The first-order chi connectivity index (χ1) is 12.5. The van der Waals surface area contributed by atoms with E-state index in [1.54, 1.807) is 12.3 Å². The second kappa shape index (κ2) is 8.74. The average molecular weight is 375 g/mol. The summed E-state index contributed by atoms with van der Waals surface area (Å²) >= 11 is 5.95. The lowest BCUT2D eigenvalue weighted by Gasteiger charge is -2.34. The number of aryl methyl sites for hydroxylation is 1. The van der Waals surface area contributed by atoms with E-state index >= 15 is 0 Å². The molecule has 1 aliphatic heterocycles. The van der Waals surface area contributed by atoms with Crippen molar-refractivity contribution in [1.29, 1.82) is 0 Å². The van der Waals surface area contributed by atoms with Crippen LogP contribution in [0, 0.1) is 12.8 Å². The Bertz CT molecular complexity index is 726. The van der Waals surface area contributed by atoms with Crippen molar-refractivity contribution in [1.82, 2.24) is 9.80 Å². The van der Waals surface area contributed by atoms with Gasteiger partial charge in [-0.25, -0.2) is 0 Å². The molecule has 1 aromatic carbocycles. The molecule has 1 aromatic heterocycles. The molecule has 0 unspecified atom stereocenters. The largest absolute Gasteiger partial charge is 0.469 e. The second-order valence-electron chi connectivity index (χ2n) is 7.26. The first-order valence-corrected chi connectivity index (χ1v) is 9.67. The van der Waals surface area contributed by atoms with E-state index < -0.39 is 0 Å². The molecule has 0 spiro atoms. The summed E-state index contributed by atoms with van der Waals surface area (Å²) in [5.74, 6) is 1.26. The quantitative estimate of drug-likeness (QED) is 0.757. The third-order valence-electron chi connectivity index (χ3n) is 5.20. The lowest BCUT2D eigenvalue weighted by atomic mass is 9.97. The maximum Gasteiger partial charge on any atom is 0.257 e. The highest BCUT2D eigenvalue weighted by Crippen LogP contribution is 2.20. The molecule has 2 aromatic rings. The number of carbonyl (C=O) groups is 1. The van der Waals surface area contributed by atoms with Crippen LogP contribution in [0.5, 0.6) is 0 Å². The molecule has 0 N–H and O–H groups in total. The molecule has 1 fully saturated rings. The van der Waals surface area contributed by atoms with Gasteiger partial charge in [0.15, 0.2) is 0 Å². The Balaban J connectivity index is 1.49. The van der Waals surface area contributed by atoms with Gasteiger partial charge in [0.25, 0.3) is 5.91 Å². The van der Waals surface area contributed by atoms with E-state index in [1.165, 1.54) is 18.4 Å². The molecule has 1 atom stereocenters. The van der Waals surface area contributed by atoms with Gasteiger partial charge in [0.05, 0.1) is 11.8 Å². The summed E-state index contributed by atoms with van der Waals surface area (Å²) in [6.07, 6.45) is 4.99. The molecule has 2 heterocycles. The minimum atomic E-state index is 0.0505. The standard InChI is InChI=1S/C21H27ClN2O2/c1-16-20(10-13-26-16)21(25)23(2)14-18-4-3-11-24(15-18)12-9-17-5-7-19(22)8-6-17/h5-8,10,13,18H,3-4,9,11-12,14-15H2,1-2H3/t18-/m1/s1. The van der Waals surface area contributed by atoms with Crippen molar-refractivity contribution in [2.45, 2.75) is 26.2 Å². The summed E-state index contributed by atoms with van der Waals surface area (Å²) in [4.78, 5) is 16.9. The summed E-state index contributed by atoms with van der Waals surface area (Å²) < 4.78 is 5.26. The molecule has 4 nitrogen and oxygen atoms in total. The van der Waals surface area contributed by atoms with Crippen molar-refractivity contribution in [3.63, 3.8) is 0 Å². The summed E-state index contributed by atoms with van der Waals surface area (Å²) in [6, 6.07) is 9.86. The number of rotatable bonds is 6. The summed E-state index contributed by atoms with van der Waals surface area (Å²) in [5, 5.41) is 0.785. The molecule has 3 rings (SSSR count). The van der Waals surface area contributed by atoms with Gasteiger partial charge >= 0.3 is 0 Å². The Morgan fingerprint density at radius 2 is 2.08 bits per heavy atom. The van der Waals surface area contributed by atoms with E-state index in [4.69, 9.17) is 16.0 Å². The number of hydrogen-bond acceptors (Lipinski definition) is 3. The Kier molecular flexibility index (Phi) is 6.38. The first-order valence-electron chi connectivity index (χ1n) is 9.29. The van der Waals surface area contributed by atoms with E-state index in [1.807, 2.05) is 31.0 Å². The topological polar surface area (TPSA) is 36.7 Å². The van der Waals surface area contributed by atoms with E-state index in [0.717, 1.165) is 37.6 Å². The molecule has 5 heteroatoms. The highest BCUT2D eigenvalue weighted by Gasteiger charge is 2.24. The van der Waals surface area contributed by atoms with Gasteiger partial charge in [-0.3, -0.25) is 4.79 Å². The number of halogens is 1. The zero-order valence-electron chi connectivity index (χ0n) is 15.6. The Morgan fingerprint density at radius 1 is 1.31 bits per heavy atom. The van der Waals surface area contributed by atoms with Crippen LogP contribution in [0.2, 0.25) is 5.02 Å². The van der Waals surface area contributed by atoms with Gasteiger partial charge in [-0.15, -0.1) is 0 Å². The maximum absolute atomic E-state index is 12.6. The first kappa shape index (κ1) is 19.0. The fourth-order valence-electron chi connectivity index (χ4n) is 3.72. The maximum atomic E-state index is 12.6. The number of amides is 1. The minimum Gasteiger partial charge on any atom is -0.469 e. The number of hydrogen-bond donors (Lipinski definition) is 0.